The van der Waals surface area contributed by atoms with Crippen LogP contribution in [-0.2, 0) is 11.3 Å². The van der Waals surface area contributed by atoms with Crippen LogP contribution in [0.5, 0.6) is 0 Å². The first kappa shape index (κ1) is 14.0. The van der Waals surface area contributed by atoms with Crippen LogP contribution in [0.4, 0.5) is 0 Å². The third-order valence-electron chi connectivity index (χ3n) is 3.04. The molecule has 0 aromatic carbocycles. The highest BCUT2D eigenvalue weighted by molar-refractivity contribution is 7.13. The van der Waals surface area contributed by atoms with Crippen molar-refractivity contribution >= 4 is 23.0 Å². The summed E-state index contributed by atoms with van der Waals surface area (Å²) < 4.78 is 0. The van der Waals surface area contributed by atoms with E-state index in [9.17, 15) is 4.79 Å². The van der Waals surface area contributed by atoms with Gasteiger partial charge in [0.1, 0.15) is 11.0 Å². The van der Waals surface area contributed by atoms with Crippen molar-refractivity contribution in [3.8, 4) is 0 Å². The summed E-state index contributed by atoms with van der Waals surface area (Å²) in [6.07, 6.45) is 2.53. The van der Waals surface area contributed by atoms with E-state index in [4.69, 9.17) is 4.84 Å². The van der Waals surface area contributed by atoms with Crippen molar-refractivity contribution in [2.45, 2.75) is 46.1 Å². The molecule has 0 radical (unpaired) electrons. The number of nitrogens with one attached hydrogen (secondary N) is 1. The van der Waals surface area contributed by atoms with Gasteiger partial charge in [0, 0.05) is 6.42 Å². The lowest BCUT2D eigenvalue weighted by molar-refractivity contribution is 0.0755. The number of aryl methyl sites for hydroxylation is 2. The molecule has 2 heterocycles. The molecule has 0 saturated carbocycles. The van der Waals surface area contributed by atoms with Crippen LogP contribution < -0.4 is 5.32 Å². The standard InChI is InChI=1S/C13H19N3O2S/c1-4-9-6-10(18-16-9)7-14-13(17)12-8(3)15-11(5-2)19-12/h10H,4-7H2,1-3H3,(H,14,17). The molecule has 5 nitrogen and oxygen atoms in total. The first-order valence-corrected chi connectivity index (χ1v) is 7.41. The zero-order valence-electron chi connectivity index (χ0n) is 11.5. The van der Waals surface area contributed by atoms with Crippen molar-refractivity contribution in [2.24, 2.45) is 5.16 Å². The van der Waals surface area contributed by atoms with E-state index in [-0.39, 0.29) is 12.0 Å². The Morgan fingerprint density at radius 3 is 2.84 bits per heavy atom. The van der Waals surface area contributed by atoms with Gasteiger partial charge in [-0.3, -0.25) is 4.79 Å². The predicted octanol–water partition coefficient (Wildman–Crippen LogP) is 2.30. The minimum Gasteiger partial charge on any atom is -0.390 e. The van der Waals surface area contributed by atoms with E-state index in [0.29, 0.717) is 11.4 Å². The average Bonchev–Trinajstić information content (AvgIpc) is 3.02. The summed E-state index contributed by atoms with van der Waals surface area (Å²) in [5.74, 6) is -0.0664. The molecule has 6 heteroatoms. The van der Waals surface area contributed by atoms with Gasteiger partial charge in [0.25, 0.3) is 5.91 Å². The van der Waals surface area contributed by atoms with Gasteiger partial charge in [-0.1, -0.05) is 19.0 Å². The number of aromatic nitrogens is 1. The molecule has 0 aliphatic carbocycles. The molecule has 0 saturated heterocycles. The van der Waals surface area contributed by atoms with E-state index in [0.717, 1.165) is 35.7 Å². The molecule has 1 unspecified atom stereocenters. The summed E-state index contributed by atoms with van der Waals surface area (Å²) in [5.41, 5.74) is 1.86. The summed E-state index contributed by atoms with van der Waals surface area (Å²) in [6, 6.07) is 0. The molecular weight excluding hydrogens is 262 g/mol. The van der Waals surface area contributed by atoms with Crippen molar-refractivity contribution in [3.05, 3.63) is 15.6 Å². The Morgan fingerprint density at radius 2 is 2.26 bits per heavy atom. The summed E-state index contributed by atoms with van der Waals surface area (Å²) >= 11 is 1.46. The van der Waals surface area contributed by atoms with Crippen molar-refractivity contribution in [2.75, 3.05) is 6.54 Å². The van der Waals surface area contributed by atoms with E-state index >= 15 is 0 Å². The van der Waals surface area contributed by atoms with E-state index in [1.807, 2.05) is 13.8 Å². The highest BCUT2D eigenvalue weighted by Crippen LogP contribution is 2.18. The summed E-state index contributed by atoms with van der Waals surface area (Å²) in [6.45, 7) is 6.45. The van der Waals surface area contributed by atoms with E-state index in [2.05, 4.69) is 22.4 Å². The van der Waals surface area contributed by atoms with Gasteiger partial charge >= 0.3 is 0 Å². The second-order valence-corrected chi connectivity index (χ2v) is 5.61. The van der Waals surface area contributed by atoms with Crippen LogP contribution in [0, 0.1) is 6.92 Å². The molecule has 1 aliphatic rings. The lowest BCUT2D eigenvalue weighted by Gasteiger charge is -2.09. The maximum Gasteiger partial charge on any atom is 0.263 e. The normalized spacial score (nSPS) is 18.1. The van der Waals surface area contributed by atoms with E-state index in [1.54, 1.807) is 0 Å². The molecule has 1 aromatic heterocycles. The fraction of sp³-hybridized carbons (Fsp3) is 0.615. The second kappa shape index (κ2) is 6.14. The number of carbonyl (C=O) groups is 1. The molecule has 104 valence electrons. The van der Waals surface area contributed by atoms with Crippen LogP contribution in [-0.4, -0.2) is 29.3 Å². The van der Waals surface area contributed by atoms with Gasteiger partial charge < -0.3 is 10.2 Å². The summed E-state index contributed by atoms with van der Waals surface area (Å²) in [4.78, 5) is 22.4. The maximum absolute atomic E-state index is 12.1. The third kappa shape index (κ3) is 3.32. The number of rotatable bonds is 5. The number of hydrogen-bond acceptors (Lipinski definition) is 5. The fourth-order valence-electron chi connectivity index (χ4n) is 1.91. The molecule has 2 rings (SSSR count). The highest BCUT2D eigenvalue weighted by atomic mass is 32.1. The van der Waals surface area contributed by atoms with Crippen LogP contribution in [0.3, 0.4) is 0 Å². The van der Waals surface area contributed by atoms with Gasteiger partial charge in [0.05, 0.1) is 23.0 Å². The molecule has 0 spiro atoms. The number of thiazole rings is 1. The topological polar surface area (TPSA) is 63.6 Å². The lowest BCUT2D eigenvalue weighted by atomic mass is 10.1. The molecule has 1 N–H and O–H groups in total. The van der Waals surface area contributed by atoms with Gasteiger partial charge in [-0.25, -0.2) is 4.98 Å². The maximum atomic E-state index is 12.1. The minimum atomic E-state index is -0.0664. The van der Waals surface area contributed by atoms with Crippen LogP contribution in [0.25, 0.3) is 0 Å². The van der Waals surface area contributed by atoms with Gasteiger partial charge in [-0.05, 0) is 19.8 Å². The van der Waals surface area contributed by atoms with E-state index < -0.39 is 0 Å². The second-order valence-electron chi connectivity index (χ2n) is 4.53. The molecule has 1 aliphatic heterocycles. The molecule has 1 atom stereocenters. The zero-order chi connectivity index (χ0) is 13.8. The average molecular weight is 281 g/mol. The SMILES string of the molecule is CCC1=NOC(CNC(=O)c2sc(CC)nc2C)C1. The quantitative estimate of drug-likeness (QED) is 0.900. The number of hydrogen-bond donors (Lipinski definition) is 1. The number of oxime groups is 1. The van der Waals surface area contributed by atoms with Crippen molar-refractivity contribution in [1.82, 2.24) is 10.3 Å². The van der Waals surface area contributed by atoms with Crippen LogP contribution >= 0.6 is 11.3 Å². The summed E-state index contributed by atoms with van der Waals surface area (Å²) in [7, 11) is 0. The summed E-state index contributed by atoms with van der Waals surface area (Å²) in [5, 5.41) is 7.87. The van der Waals surface area contributed by atoms with Crippen LogP contribution in [0.2, 0.25) is 0 Å². The molecule has 1 aromatic rings. The predicted molar refractivity (Wildman–Crippen MR) is 75.8 cm³/mol. The first-order valence-electron chi connectivity index (χ1n) is 6.60. The Bertz CT molecular complexity index is 496. The van der Waals surface area contributed by atoms with Crippen LogP contribution in [0.1, 0.15) is 47.1 Å². The molecule has 0 bridgehead atoms. The van der Waals surface area contributed by atoms with Gasteiger partial charge in [-0.15, -0.1) is 11.3 Å². The van der Waals surface area contributed by atoms with Crippen LogP contribution in [0.15, 0.2) is 5.16 Å². The largest absolute Gasteiger partial charge is 0.390 e. The Hall–Kier alpha value is -1.43. The van der Waals surface area contributed by atoms with Gasteiger partial charge in [0.2, 0.25) is 0 Å². The first-order chi connectivity index (χ1) is 9.13. The number of nitrogens with zero attached hydrogens (tertiary/aromatic N) is 2. The smallest absolute Gasteiger partial charge is 0.263 e. The zero-order valence-corrected chi connectivity index (χ0v) is 12.3. The van der Waals surface area contributed by atoms with E-state index in [1.165, 1.54) is 11.3 Å². The Balaban J connectivity index is 1.86. The van der Waals surface area contributed by atoms with Gasteiger partial charge in [0.15, 0.2) is 0 Å². The van der Waals surface area contributed by atoms with Crippen molar-refractivity contribution in [1.29, 1.82) is 0 Å². The monoisotopic (exact) mass is 281 g/mol. The molecule has 0 fully saturated rings. The Morgan fingerprint density at radius 1 is 1.47 bits per heavy atom. The molecule has 19 heavy (non-hydrogen) atoms. The minimum absolute atomic E-state index is 0.0298. The highest BCUT2D eigenvalue weighted by Gasteiger charge is 2.21. The Labute approximate surface area is 117 Å². The fourth-order valence-corrected chi connectivity index (χ4v) is 2.83. The number of amides is 1. The Kier molecular flexibility index (Phi) is 4.52. The van der Waals surface area contributed by atoms with Crippen molar-refractivity contribution < 1.29 is 9.63 Å². The molecular formula is C13H19N3O2S. The van der Waals surface area contributed by atoms with Crippen molar-refractivity contribution in [3.63, 3.8) is 0 Å². The molecule has 1 amide bonds. The number of carbonyl (C=O) groups excluding carboxylic acids is 1. The van der Waals surface area contributed by atoms with Gasteiger partial charge in [-0.2, -0.15) is 0 Å². The third-order valence-corrected chi connectivity index (χ3v) is 4.34. The lowest BCUT2D eigenvalue weighted by Crippen LogP contribution is -2.32.